The first-order valence-electron chi connectivity index (χ1n) is 8.70. The second kappa shape index (κ2) is 7.19. The van der Waals surface area contributed by atoms with Crippen molar-refractivity contribution in [3.05, 3.63) is 65.8 Å². The van der Waals surface area contributed by atoms with E-state index in [0.29, 0.717) is 23.8 Å². The number of methoxy groups -OCH3 is 1. The van der Waals surface area contributed by atoms with E-state index in [1.165, 1.54) is 18.2 Å². The third-order valence-corrected chi connectivity index (χ3v) is 4.66. The van der Waals surface area contributed by atoms with Crippen molar-refractivity contribution in [3.8, 4) is 17.1 Å². The summed E-state index contributed by atoms with van der Waals surface area (Å²) in [5.74, 6) is 0.920. The minimum Gasteiger partial charge on any atom is -0.497 e. The molecule has 1 amide bonds. The Bertz CT molecular complexity index is 955. The van der Waals surface area contributed by atoms with Crippen LogP contribution >= 0.6 is 0 Å². The normalized spacial score (nSPS) is 16.5. The highest BCUT2D eigenvalue weighted by atomic mass is 19.1. The Morgan fingerprint density at radius 2 is 2.07 bits per heavy atom. The van der Waals surface area contributed by atoms with E-state index in [9.17, 15) is 9.18 Å². The van der Waals surface area contributed by atoms with Gasteiger partial charge in [0.2, 0.25) is 11.7 Å². The van der Waals surface area contributed by atoms with Crippen LogP contribution in [0.5, 0.6) is 5.75 Å². The van der Waals surface area contributed by atoms with Gasteiger partial charge in [-0.15, -0.1) is 0 Å². The standard InChI is InChI=1S/C20H18FN3O3/c1-26-16-9-7-13(8-10-16)18-22-19(27-23-18)17-6-3-11-24(17)20(25)14-4-2-5-15(21)12-14/h2,4-5,7-10,12,17H,3,6,11H2,1H3/t17-/m0/s1. The molecule has 4 rings (SSSR count). The fourth-order valence-corrected chi connectivity index (χ4v) is 3.28. The summed E-state index contributed by atoms with van der Waals surface area (Å²) in [5.41, 5.74) is 1.11. The third kappa shape index (κ3) is 3.40. The highest BCUT2D eigenvalue weighted by Gasteiger charge is 2.34. The van der Waals surface area contributed by atoms with Crippen molar-refractivity contribution in [1.29, 1.82) is 0 Å². The van der Waals surface area contributed by atoms with Crippen molar-refractivity contribution in [2.24, 2.45) is 0 Å². The van der Waals surface area contributed by atoms with Crippen LogP contribution in [0, 0.1) is 5.82 Å². The molecular weight excluding hydrogens is 349 g/mol. The topological polar surface area (TPSA) is 68.5 Å². The Labute approximate surface area is 155 Å². The van der Waals surface area contributed by atoms with Gasteiger partial charge in [-0.2, -0.15) is 4.98 Å². The number of amides is 1. The summed E-state index contributed by atoms with van der Waals surface area (Å²) in [6, 6.07) is 12.7. The molecule has 7 heteroatoms. The highest BCUT2D eigenvalue weighted by molar-refractivity contribution is 5.94. The maximum atomic E-state index is 13.5. The molecule has 0 aliphatic carbocycles. The average Bonchev–Trinajstić information content (AvgIpc) is 3.37. The van der Waals surface area contributed by atoms with Crippen LogP contribution in [-0.2, 0) is 0 Å². The molecule has 1 aliphatic heterocycles. The first-order chi connectivity index (χ1) is 13.2. The van der Waals surface area contributed by atoms with Crippen molar-refractivity contribution in [1.82, 2.24) is 15.0 Å². The van der Waals surface area contributed by atoms with E-state index < -0.39 is 5.82 Å². The monoisotopic (exact) mass is 367 g/mol. The Balaban J connectivity index is 1.57. The molecular formula is C20H18FN3O3. The van der Waals surface area contributed by atoms with Crippen LogP contribution in [0.15, 0.2) is 53.1 Å². The molecule has 0 unspecified atom stereocenters. The molecule has 0 bridgehead atoms. The number of likely N-dealkylation sites (tertiary alicyclic amines) is 1. The number of hydrogen-bond donors (Lipinski definition) is 0. The molecule has 6 nitrogen and oxygen atoms in total. The van der Waals surface area contributed by atoms with Gasteiger partial charge in [-0.05, 0) is 55.3 Å². The molecule has 1 aromatic heterocycles. The third-order valence-electron chi connectivity index (χ3n) is 4.66. The number of hydrogen-bond acceptors (Lipinski definition) is 5. The molecule has 0 spiro atoms. The predicted octanol–water partition coefficient (Wildman–Crippen LogP) is 3.86. The van der Waals surface area contributed by atoms with Crippen LogP contribution in [0.1, 0.15) is 35.1 Å². The lowest BCUT2D eigenvalue weighted by Crippen LogP contribution is -2.30. The molecule has 3 aromatic rings. The molecule has 1 saturated heterocycles. The van der Waals surface area contributed by atoms with Crippen molar-refractivity contribution in [2.45, 2.75) is 18.9 Å². The van der Waals surface area contributed by atoms with Gasteiger partial charge in [-0.3, -0.25) is 4.79 Å². The molecule has 27 heavy (non-hydrogen) atoms. The number of benzene rings is 2. The van der Waals surface area contributed by atoms with Crippen LogP contribution in [0.3, 0.4) is 0 Å². The minimum absolute atomic E-state index is 0.235. The van der Waals surface area contributed by atoms with Gasteiger partial charge >= 0.3 is 0 Å². The number of rotatable bonds is 4. The molecule has 138 valence electrons. The number of aromatic nitrogens is 2. The Morgan fingerprint density at radius 1 is 1.26 bits per heavy atom. The molecule has 0 N–H and O–H groups in total. The van der Waals surface area contributed by atoms with E-state index in [1.807, 2.05) is 24.3 Å². The molecule has 1 atom stereocenters. The zero-order valence-electron chi connectivity index (χ0n) is 14.8. The summed E-state index contributed by atoms with van der Waals surface area (Å²) in [6.07, 6.45) is 1.55. The van der Waals surface area contributed by atoms with Crippen molar-refractivity contribution < 1.29 is 18.4 Å². The first-order valence-corrected chi connectivity index (χ1v) is 8.70. The lowest BCUT2D eigenvalue weighted by Gasteiger charge is -2.21. The summed E-state index contributed by atoms with van der Waals surface area (Å²) in [6.45, 7) is 0.570. The Kier molecular flexibility index (Phi) is 4.58. The molecule has 1 aliphatic rings. The van der Waals surface area contributed by atoms with Gasteiger partial charge in [-0.25, -0.2) is 4.39 Å². The van der Waals surface area contributed by atoms with Gasteiger partial charge in [0, 0.05) is 17.7 Å². The van der Waals surface area contributed by atoms with Gasteiger partial charge in [-0.1, -0.05) is 11.2 Å². The summed E-state index contributed by atoms with van der Waals surface area (Å²) in [4.78, 5) is 18.9. The summed E-state index contributed by atoms with van der Waals surface area (Å²) in [7, 11) is 1.60. The zero-order valence-corrected chi connectivity index (χ0v) is 14.8. The van der Waals surface area contributed by atoms with E-state index in [4.69, 9.17) is 9.26 Å². The second-order valence-electron chi connectivity index (χ2n) is 6.35. The zero-order chi connectivity index (χ0) is 18.8. The Morgan fingerprint density at radius 3 is 2.81 bits per heavy atom. The number of nitrogens with zero attached hydrogens (tertiary/aromatic N) is 3. The fourth-order valence-electron chi connectivity index (χ4n) is 3.28. The van der Waals surface area contributed by atoms with Gasteiger partial charge in [0.1, 0.15) is 17.6 Å². The molecule has 2 heterocycles. The number of halogens is 1. The van der Waals surface area contributed by atoms with Crippen LogP contribution < -0.4 is 4.74 Å². The van der Waals surface area contributed by atoms with Crippen LogP contribution in [-0.4, -0.2) is 34.6 Å². The lowest BCUT2D eigenvalue weighted by atomic mass is 10.1. The van der Waals surface area contributed by atoms with Gasteiger partial charge in [0.15, 0.2) is 0 Å². The van der Waals surface area contributed by atoms with Crippen LogP contribution in [0.4, 0.5) is 4.39 Å². The Hall–Kier alpha value is -3.22. The molecule has 0 saturated carbocycles. The lowest BCUT2D eigenvalue weighted by molar-refractivity contribution is 0.0709. The van der Waals surface area contributed by atoms with Gasteiger partial charge in [0.25, 0.3) is 5.91 Å². The van der Waals surface area contributed by atoms with E-state index in [0.717, 1.165) is 24.2 Å². The van der Waals surface area contributed by atoms with E-state index in [-0.39, 0.29) is 11.9 Å². The average molecular weight is 367 g/mol. The van der Waals surface area contributed by atoms with E-state index in [2.05, 4.69) is 10.1 Å². The molecule has 1 fully saturated rings. The summed E-state index contributed by atoms with van der Waals surface area (Å²) >= 11 is 0. The maximum Gasteiger partial charge on any atom is 0.254 e. The summed E-state index contributed by atoms with van der Waals surface area (Å²) < 4.78 is 24.0. The van der Waals surface area contributed by atoms with Gasteiger partial charge < -0.3 is 14.2 Å². The van der Waals surface area contributed by atoms with Gasteiger partial charge in [0.05, 0.1) is 7.11 Å². The maximum absolute atomic E-state index is 13.5. The fraction of sp³-hybridized carbons (Fsp3) is 0.250. The van der Waals surface area contributed by atoms with Crippen molar-refractivity contribution in [3.63, 3.8) is 0 Å². The van der Waals surface area contributed by atoms with E-state index >= 15 is 0 Å². The highest BCUT2D eigenvalue weighted by Crippen LogP contribution is 2.33. The van der Waals surface area contributed by atoms with E-state index in [1.54, 1.807) is 18.1 Å². The minimum atomic E-state index is -0.434. The summed E-state index contributed by atoms with van der Waals surface area (Å²) in [5, 5.41) is 4.04. The predicted molar refractivity (Wildman–Crippen MR) is 95.7 cm³/mol. The molecule has 2 aromatic carbocycles. The SMILES string of the molecule is COc1ccc(-c2noc([C@@H]3CCCN3C(=O)c3cccc(F)c3)n2)cc1. The van der Waals surface area contributed by atoms with Crippen LogP contribution in [0.25, 0.3) is 11.4 Å². The number of carbonyl (C=O) groups is 1. The quantitative estimate of drug-likeness (QED) is 0.700. The number of ether oxygens (including phenoxy) is 1. The first kappa shape index (κ1) is 17.2. The molecule has 0 radical (unpaired) electrons. The van der Waals surface area contributed by atoms with Crippen molar-refractivity contribution in [2.75, 3.05) is 13.7 Å². The smallest absolute Gasteiger partial charge is 0.254 e. The van der Waals surface area contributed by atoms with Crippen LogP contribution in [0.2, 0.25) is 0 Å². The number of carbonyl (C=O) groups excluding carboxylic acids is 1. The largest absolute Gasteiger partial charge is 0.497 e. The second-order valence-corrected chi connectivity index (χ2v) is 6.35. The van der Waals surface area contributed by atoms with Crippen molar-refractivity contribution >= 4 is 5.91 Å².